The van der Waals surface area contributed by atoms with E-state index in [0.717, 1.165) is 44.9 Å². The SMILES string of the molecule is CCCCCCC/C=C\C/C=C\C/C=C\CCCCCCCCCCCCCCCCCCCCCCCCCCCCC(=O)NC(CO)C(O)/C=C/CC/C=C/CCCCCCCCCCCCCCCCCCCCCCC. The predicted molar refractivity (Wildman–Crippen MR) is 359 cm³/mol. The number of rotatable bonds is 68. The first-order valence-corrected chi connectivity index (χ1v) is 36.5. The maximum absolute atomic E-state index is 12.5. The average molecular weight is 1120 g/mol. The zero-order valence-electron chi connectivity index (χ0n) is 54.4. The summed E-state index contributed by atoms with van der Waals surface area (Å²) in [5.41, 5.74) is 0. The summed E-state index contributed by atoms with van der Waals surface area (Å²) in [4.78, 5) is 12.5. The molecular formula is C76H143NO3. The Morgan fingerprint density at radius 2 is 0.525 bits per heavy atom. The molecule has 0 saturated carbocycles. The van der Waals surface area contributed by atoms with Crippen LogP contribution in [-0.2, 0) is 4.79 Å². The third-order valence-corrected chi connectivity index (χ3v) is 17.0. The topological polar surface area (TPSA) is 69.6 Å². The number of allylic oxidation sites excluding steroid dienone is 9. The molecule has 0 bridgehead atoms. The van der Waals surface area contributed by atoms with Crippen molar-refractivity contribution >= 4 is 5.91 Å². The van der Waals surface area contributed by atoms with Gasteiger partial charge in [-0.25, -0.2) is 0 Å². The molecule has 2 unspecified atom stereocenters. The number of hydrogen-bond acceptors (Lipinski definition) is 3. The van der Waals surface area contributed by atoms with Gasteiger partial charge in [-0.3, -0.25) is 4.79 Å². The third kappa shape index (κ3) is 66.9. The maximum Gasteiger partial charge on any atom is 0.220 e. The molecule has 0 spiro atoms. The largest absolute Gasteiger partial charge is 0.394 e. The zero-order chi connectivity index (χ0) is 57.6. The van der Waals surface area contributed by atoms with E-state index in [4.69, 9.17) is 0 Å². The van der Waals surface area contributed by atoms with Crippen LogP contribution in [0.5, 0.6) is 0 Å². The van der Waals surface area contributed by atoms with Gasteiger partial charge in [-0.05, 0) is 70.6 Å². The minimum absolute atomic E-state index is 0.0662. The van der Waals surface area contributed by atoms with E-state index in [0.29, 0.717) is 6.42 Å². The van der Waals surface area contributed by atoms with Crippen molar-refractivity contribution < 1.29 is 15.0 Å². The minimum Gasteiger partial charge on any atom is -0.394 e. The lowest BCUT2D eigenvalue weighted by Gasteiger charge is -2.19. The molecule has 1 amide bonds. The quantitative estimate of drug-likeness (QED) is 0.0420. The number of hydrogen-bond donors (Lipinski definition) is 3. The van der Waals surface area contributed by atoms with Crippen LogP contribution >= 0.6 is 0 Å². The van der Waals surface area contributed by atoms with Crippen molar-refractivity contribution in [2.45, 2.75) is 411 Å². The molecule has 0 aliphatic rings. The number of carbonyl (C=O) groups excluding carboxylic acids is 1. The van der Waals surface area contributed by atoms with Gasteiger partial charge in [0.1, 0.15) is 0 Å². The number of aliphatic hydroxyl groups is 2. The lowest BCUT2D eigenvalue weighted by atomic mass is 10.0. The van der Waals surface area contributed by atoms with E-state index in [1.54, 1.807) is 6.08 Å². The normalized spacial score (nSPS) is 13.0. The van der Waals surface area contributed by atoms with Crippen molar-refractivity contribution in [3.8, 4) is 0 Å². The Bertz CT molecular complexity index is 1310. The van der Waals surface area contributed by atoms with E-state index in [9.17, 15) is 15.0 Å². The van der Waals surface area contributed by atoms with E-state index in [1.165, 1.54) is 334 Å². The standard InChI is InChI=1S/C76H143NO3/c1-3-5-7-9-11-13-15-17-19-21-23-25-27-29-31-32-33-34-35-36-37-38-39-40-41-42-43-44-46-48-50-52-54-56-58-60-62-64-66-68-70-72-76(80)77-74(73-78)75(79)71-69-67-65-63-61-59-57-55-53-51-49-47-45-30-28-26-24-22-20-18-16-14-12-10-8-6-4-2/h15,17,21,23,27,29,61,63,69,71,74-75,78-79H,3-14,16,18-20,22,24-26,28,30-60,62,64-68,70,72-73H2,1-2H3,(H,77,80)/b17-15-,23-21-,29-27-,63-61+,71-69+. The van der Waals surface area contributed by atoms with Crippen molar-refractivity contribution in [3.05, 3.63) is 60.8 Å². The predicted octanol–water partition coefficient (Wildman–Crippen LogP) is 25.1. The highest BCUT2D eigenvalue weighted by molar-refractivity contribution is 5.76. The molecule has 0 aromatic heterocycles. The fourth-order valence-corrected chi connectivity index (χ4v) is 11.4. The first-order valence-electron chi connectivity index (χ1n) is 36.5. The Labute approximate surface area is 502 Å². The summed E-state index contributed by atoms with van der Waals surface area (Å²) in [6, 6.07) is -0.640. The molecule has 4 heteroatoms. The Morgan fingerprint density at radius 3 is 0.812 bits per heavy atom. The van der Waals surface area contributed by atoms with Crippen molar-refractivity contribution in [3.63, 3.8) is 0 Å². The number of carbonyl (C=O) groups is 1. The second-order valence-electron chi connectivity index (χ2n) is 25.0. The van der Waals surface area contributed by atoms with Gasteiger partial charge in [-0.1, -0.05) is 383 Å². The van der Waals surface area contributed by atoms with Gasteiger partial charge >= 0.3 is 0 Å². The van der Waals surface area contributed by atoms with E-state index in [1.807, 2.05) is 6.08 Å². The van der Waals surface area contributed by atoms with Crippen LogP contribution in [0.3, 0.4) is 0 Å². The van der Waals surface area contributed by atoms with Crippen LogP contribution in [0.4, 0.5) is 0 Å². The van der Waals surface area contributed by atoms with Crippen molar-refractivity contribution in [2.24, 2.45) is 0 Å². The first kappa shape index (κ1) is 78.1. The smallest absolute Gasteiger partial charge is 0.220 e. The molecule has 0 saturated heterocycles. The molecule has 0 fully saturated rings. The summed E-state index contributed by atoms with van der Waals surface area (Å²) in [6.45, 7) is 4.33. The van der Waals surface area contributed by atoms with E-state index in [-0.39, 0.29) is 12.5 Å². The van der Waals surface area contributed by atoms with E-state index < -0.39 is 12.1 Å². The summed E-state index contributed by atoms with van der Waals surface area (Å²) in [5, 5.41) is 23.3. The van der Waals surface area contributed by atoms with Crippen LogP contribution in [0.15, 0.2) is 60.8 Å². The second kappa shape index (κ2) is 71.4. The van der Waals surface area contributed by atoms with Crippen LogP contribution in [0.25, 0.3) is 0 Å². The summed E-state index contributed by atoms with van der Waals surface area (Å²) >= 11 is 0. The van der Waals surface area contributed by atoms with Gasteiger partial charge in [-0.2, -0.15) is 0 Å². The van der Waals surface area contributed by atoms with Gasteiger partial charge in [-0.15, -0.1) is 0 Å². The van der Waals surface area contributed by atoms with Gasteiger partial charge in [0.15, 0.2) is 0 Å². The molecule has 2 atom stereocenters. The fourth-order valence-electron chi connectivity index (χ4n) is 11.4. The highest BCUT2D eigenvalue weighted by atomic mass is 16.3. The third-order valence-electron chi connectivity index (χ3n) is 17.0. The Morgan fingerprint density at radius 1 is 0.300 bits per heavy atom. The number of aliphatic hydroxyl groups excluding tert-OH is 2. The summed E-state index contributed by atoms with van der Waals surface area (Å²) in [7, 11) is 0. The number of nitrogens with one attached hydrogen (secondary N) is 1. The van der Waals surface area contributed by atoms with Gasteiger partial charge in [0.25, 0.3) is 0 Å². The molecule has 4 nitrogen and oxygen atoms in total. The molecule has 0 aromatic rings. The monoisotopic (exact) mass is 1120 g/mol. The average Bonchev–Trinajstić information content (AvgIpc) is 3.46. The van der Waals surface area contributed by atoms with Crippen LogP contribution in [-0.4, -0.2) is 34.9 Å². The van der Waals surface area contributed by atoms with Crippen LogP contribution < -0.4 is 5.32 Å². The Kier molecular flexibility index (Phi) is 69.6. The van der Waals surface area contributed by atoms with Gasteiger partial charge in [0.2, 0.25) is 5.91 Å². The molecule has 470 valence electrons. The lowest BCUT2D eigenvalue weighted by molar-refractivity contribution is -0.123. The Balaban J connectivity index is 3.43. The van der Waals surface area contributed by atoms with Gasteiger partial charge < -0.3 is 15.5 Å². The van der Waals surface area contributed by atoms with Crippen molar-refractivity contribution in [2.75, 3.05) is 6.61 Å². The first-order chi connectivity index (χ1) is 39.7. The van der Waals surface area contributed by atoms with Gasteiger partial charge in [0, 0.05) is 6.42 Å². The van der Waals surface area contributed by atoms with Gasteiger partial charge in [0.05, 0.1) is 18.8 Å². The van der Waals surface area contributed by atoms with E-state index >= 15 is 0 Å². The molecule has 0 aromatic carbocycles. The fraction of sp³-hybridized carbons (Fsp3) is 0.855. The highest BCUT2D eigenvalue weighted by Crippen LogP contribution is 2.19. The Hall–Kier alpha value is -1.91. The van der Waals surface area contributed by atoms with Crippen molar-refractivity contribution in [1.82, 2.24) is 5.32 Å². The molecule has 0 rings (SSSR count). The number of amides is 1. The maximum atomic E-state index is 12.5. The van der Waals surface area contributed by atoms with Crippen LogP contribution in [0, 0.1) is 0 Å². The number of unbranched alkanes of at least 4 members (excludes halogenated alkanes) is 53. The molecule has 0 radical (unpaired) electrons. The molecule has 0 aliphatic carbocycles. The van der Waals surface area contributed by atoms with E-state index in [2.05, 4.69) is 67.8 Å². The van der Waals surface area contributed by atoms with Crippen LogP contribution in [0.1, 0.15) is 399 Å². The zero-order valence-corrected chi connectivity index (χ0v) is 54.4. The molecular weight excluding hydrogens is 975 g/mol. The lowest BCUT2D eigenvalue weighted by Crippen LogP contribution is -2.45. The van der Waals surface area contributed by atoms with Crippen molar-refractivity contribution in [1.29, 1.82) is 0 Å². The minimum atomic E-state index is -0.864. The second-order valence-corrected chi connectivity index (χ2v) is 25.0. The summed E-state index contributed by atoms with van der Waals surface area (Å²) in [5.74, 6) is -0.0662. The molecule has 80 heavy (non-hydrogen) atoms. The molecule has 0 aliphatic heterocycles. The highest BCUT2D eigenvalue weighted by Gasteiger charge is 2.18. The summed E-state index contributed by atoms with van der Waals surface area (Å²) < 4.78 is 0. The molecule has 0 heterocycles. The van der Waals surface area contributed by atoms with Crippen LogP contribution in [0.2, 0.25) is 0 Å². The molecule has 3 N–H and O–H groups in total. The summed E-state index contributed by atoms with van der Waals surface area (Å²) in [6.07, 6.45) is 102.